The van der Waals surface area contributed by atoms with Gasteiger partial charge in [0.25, 0.3) is 11.5 Å². The van der Waals surface area contributed by atoms with Gasteiger partial charge >= 0.3 is 13.4 Å². The summed E-state index contributed by atoms with van der Waals surface area (Å²) >= 11 is 11.2. The standard InChI is InChI=1S/C34H36FN11O11P2S2/c1-17(2)30(47)43-34-42-29-25(32(49)44-34)40-16-46(29)33-26-23(35)21(55-33)13-53-59(61,51-10-6-9-36)56-19-11-22(54-20(19)12-52-58(50,60)57-26)45-15-39-24-27(37-14-38-28(24)45)41-31(48)18-7-4-3-5-8-18/h3-5,7-8,14-17,19-23,26,33H,6,10-13H2,1-2H3,(H,50,60)(H,37,38,41,48)(H2,42,43,44,47,49). The number of hydrogen-bond acceptors (Lipinski definition) is 18. The van der Waals surface area contributed by atoms with E-state index < -0.39 is 93.0 Å². The quantitative estimate of drug-likeness (QED) is 0.122. The summed E-state index contributed by atoms with van der Waals surface area (Å²) in [5.41, 5.74) is -0.0458. The molecule has 4 N–H and O–H groups in total. The van der Waals surface area contributed by atoms with Gasteiger partial charge in [0.1, 0.15) is 30.9 Å². The van der Waals surface area contributed by atoms with Crippen LogP contribution >= 0.6 is 13.4 Å². The molecular weight excluding hydrogens is 884 g/mol. The molecule has 9 atom stereocenters. The molecule has 5 aromatic rings. The molecule has 3 aliphatic heterocycles. The third kappa shape index (κ3) is 9.17. The number of nitriles is 1. The van der Waals surface area contributed by atoms with Gasteiger partial charge in [-0.3, -0.25) is 38.3 Å². The minimum absolute atomic E-state index is 0.0591. The van der Waals surface area contributed by atoms with E-state index in [1.54, 1.807) is 48.7 Å². The molecule has 0 radical (unpaired) electrons. The number of hydrogen-bond donors (Lipinski definition) is 4. The average molecular weight is 920 g/mol. The molecule has 2 amide bonds. The number of imidazole rings is 2. The number of anilines is 2. The van der Waals surface area contributed by atoms with Gasteiger partial charge < -0.3 is 37.8 Å². The van der Waals surface area contributed by atoms with Crippen molar-refractivity contribution in [3.05, 3.63) is 65.2 Å². The lowest BCUT2D eigenvalue weighted by atomic mass is 10.1. The summed E-state index contributed by atoms with van der Waals surface area (Å²) in [7, 11) is 0. The smallest absolute Gasteiger partial charge is 0.327 e. The van der Waals surface area contributed by atoms with Gasteiger partial charge in [-0.25, -0.2) is 24.3 Å². The van der Waals surface area contributed by atoms with E-state index in [4.69, 9.17) is 55.7 Å². The summed E-state index contributed by atoms with van der Waals surface area (Å²) in [5, 5.41) is 14.5. The number of aromatic amines is 1. The third-order valence-corrected chi connectivity index (χ3v) is 13.6. The zero-order valence-electron chi connectivity index (χ0n) is 32.0. The number of ether oxygens (including phenoxy) is 2. The van der Waals surface area contributed by atoms with Crippen molar-refractivity contribution in [2.24, 2.45) is 5.92 Å². The molecule has 3 fully saturated rings. The Labute approximate surface area is 354 Å². The molecule has 0 aliphatic carbocycles. The number of H-pyrrole nitrogens is 1. The maximum atomic E-state index is 16.5. The Morgan fingerprint density at radius 2 is 1.77 bits per heavy atom. The number of fused-ring (bicyclic) bond motifs is 5. The average Bonchev–Trinajstić information content (AvgIpc) is 4.02. The molecule has 7 heterocycles. The van der Waals surface area contributed by atoms with E-state index in [2.05, 4.69) is 40.5 Å². The Morgan fingerprint density at radius 1 is 1.02 bits per heavy atom. The van der Waals surface area contributed by atoms with Gasteiger partial charge in [0, 0.05) is 17.9 Å². The first-order valence-electron chi connectivity index (χ1n) is 18.6. The number of alkyl halides is 1. The van der Waals surface area contributed by atoms with E-state index in [9.17, 15) is 24.5 Å². The van der Waals surface area contributed by atoms with Crippen LogP contribution in [0.5, 0.6) is 0 Å². The van der Waals surface area contributed by atoms with Crippen LogP contribution in [0.2, 0.25) is 0 Å². The molecule has 0 saturated carbocycles. The maximum absolute atomic E-state index is 16.5. The number of halogens is 1. The van der Waals surface area contributed by atoms with Gasteiger partial charge in [0.05, 0.1) is 51.1 Å². The Kier molecular flexibility index (Phi) is 12.5. The van der Waals surface area contributed by atoms with Gasteiger partial charge in [-0.05, 0) is 35.7 Å². The molecule has 27 heteroatoms. The molecule has 0 spiro atoms. The van der Waals surface area contributed by atoms with Gasteiger partial charge in [0.15, 0.2) is 40.5 Å². The highest BCUT2D eigenvalue weighted by atomic mass is 32.5. The predicted octanol–water partition coefficient (Wildman–Crippen LogP) is 3.52. The highest BCUT2D eigenvalue weighted by molar-refractivity contribution is 8.07. The van der Waals surface area contributed by atoms with Gasteiger partial charge in [0.2, 0.25) is 11.9 Å². The lowest BCUT2D eigenvalue weighted by molar-refractivity contribution is -0.118. The first-order valence-corrected chi connectivity index (χ1v) is 23.7. The topological polar surface area (TPSA) is 274 Å². The Balaban J connectivity index is 1.08. The van der Waals surface area contributed by atoms with Crippen LogP contribution in [0.25, 0.3) is 22.3 Å². The number of amides is 2. The lowest BCUT2D eigenvalue weighted by Gasteiger charge is -2.29. The van der Waals surface area contributed by atoms with Crippen LogP contribution in [-0.4, -0.2) is 106 Å². The fraction of sp³-hybridized carbons (Fsp3) is 0.441. The molecule has 22 nitrogen and oxygen atoms in total. The van der Waals surface area contributed by atoms with Crippen LogP contribution in [0.3, 0.4) is 0 Å². The number of rotatable bonds is 9. The summed E-state index contributed by atoms with van der Waals surface area (Å²) in [6, 6.07) is 10.5. The largest absolute Gasteiger partial charge is 0.349 e. The van der Waals surface area contributed by atoms with Crippen molar-refractivity contribution in [3.63, 3.8) is 0 Å². The van der Waals surface area contributed by atoms with Crippen LogP contribution in [-0.2, 0) is 60.5 Å². The van der Waals surface area contributed by atoms with Gasteiger partial charge in [-0.1, -0.05) is 32.0 Å². The van der Waals surface area contributed by atoms with Crippen molar-refractivity contribution in [1.82, 2.24) is 39.0 Å². The van der Waals surface area contributed by atoms with Crippen LogP contribution in [0.15, 0.2) is 54.1 Å². The van der Waals surface area contributed by atoms with E-state index in [1.807, 2.05) is 6.07 Å². The zero-order valence-corrected chi connectivity index (χ0v) is 35.4. The molecular formula is C34H36FN11O11P2S2. The van der Waals surface area contributed by atoms with E-state index in [0.717, 1.165) is 6.33 Å². The summed E-state index contributed by atoms with van der Waals surface area (Å²) in [6.07, 6.45) is -5.74. The first-order chi connectivity index (χ1) is 29.2. The second-order valence-electron chi connectivity index (χ2n) is 14.1. The monoisotopic (exact) mass is 919 g/mol. The second-order valence-corrected chi connectivity index (χ2v) is 19.8. The Morgan fingerprint density at radius 3 is 2.54 bits per heavy atom. The predicted molar refractivity (Wildman–Crippen MR) is 217 cm³/mol. The number of nitrogens with one attached hydrogen (secondary N) is 3. The third-order valence-electron chi connectivity index (χ3n) is 9.64. The Bertz CT molecular complexity index is 2670. The minimum Gasteiger partial charge on any atom is -0.349 e. The van der Waals surface area contributed by atoms with E-state index in [0.29, 0.717) is 11.2 Å². The summed E-state index contributed by atoms with van der Waals surface area (Å²) < 4.78 is 61.7. The molecule has 4 aromatic heterocycles. The van der Waals surface area contributed by atoms with Crippen LogP contribution in [0.4, 0.5) is 16.2 Å². The summed E-state index contributed by atoms with van der Waals surface area (Å²) in [4.78, 5) is 73.7. The SMILES string of the molecule is CC(C)C(=O)Nc1nc2c(ncn2C2OC3COP(=S)(OCCC#N)OC4CC(n5cnc6c(NC(=O)c7ccccc7)ncnc65)OC4COP(O)(=S)OC2C3F)c(=O)[nH]1. The van der Waals surface area contributed by atoms with Gasteiger partial charge in [-0.15, -0.1) is 0 Å². The minimum atomic E-state index is -4.36. The molecule has 61 heavy (non-hydrogen) atoms. The van der Waals surface area contributed by atoms with Crippen molar-refractivity contribution in [1.29, 1.82) is 5.26 Å². The van der Waals surface area contributed by atoms with Crippen LogP contribution in [0.1, 0.15) is 49.5 Å². The highest BCUT2D eigenvalue weighted by Gasteiger charge is 2.52. The van der Waals surface area contributed by atoms with Crippen LogP contribution < -0.4 is 16.2 Å². The molecule has 9 unspecified atom stereocenters. The van der Waals surface area contributed by atoms with Crippen molar-refractivity contribution in [3.8, 4) is 6.07 Å². The molecule has 2 bridgehead atoms. The van der Waals surface area contributed by atoms with E-state index >= 15 is 4.39 Å². The van der Waals surface area contributed by atoms with Crippen molar-refractivity contribution >= 4 is 83.0 Å². The van der Waals surface area contributed by atoms with Crippen molar-refractivity contribution < 1.29 is 51.0 Å². The van der Waals surface area contributed by atoms with Gasteiger partial charge in [-0.2, -0.15) is 10.2 Å². The number of carbonyl (C=O) groups excluding carboxylic acids is 2. The fourth-order valence-corrected chi connectivity index (χ4v) is 10.2. The normalized spacial score (nSPS) is 29.3. The van der Waals surface area contributed by atoms with E-state index in [1.165, 1.54) is 17.2 Å². The van der Waals surface area contributed by atoms with Crippen LogP contribution in [0, 0.1) is 17.2 Å². The molecule has 3 aliphatic rings. The number of benzene rings is 1. The molecule has 8 rings (SSSR count). The molecule has 322 valence electrons. The summed E-state index contributed by atoms with van der Waals surface area (Å²) in [6.45, 7) is -6.16. The van der Waals surface area contributed by atoms with Crippen molar-refractivity contribution in [2.75, 3.05) is 30.5 Å². The second kappa shape index (κ2) is 17.7. The number of carbonyl (C=O) groups is 2. The molecule has 1 aromatic carbocycles. The Hall–Kier alpha value is -4.54. The summed E-state index contributed by atoms with van der Waals surface area (Å²) in [5.74, 6) is -1.35. The number of nitrogens with zero attached hydrogens (tertiary/aromatic N) is 8. The van der Waals surface area contributed by atoms with E-state index in [-0.39, 0.29) is 47.9 Å². The van der Waals surface area contributed by atoms with Crippen molar-refractivity contribution in [2.45, 2.75) is 69.7 Å². The highest BCUT2D eigenvalue weighted by Crippen LogP contribution is 2.56. The zero-order chi connectivity index (χ0) is 43.1. The number of aromatic nitrogens is 8. The molecule has 3 saturated heterocycles. The maximum Gasteiger partial charge on any atom is 0.327 e. The fourth-order valence-electron chi connectivity index (χ4n) is 6.64. The first kappa shape index (κ1) is 43.1. The lowest BCUT2D eigenvalue weighted by Crippen LogP contribution is -2.32.